The fourth-order valence-corrected chi connectivity index (χ4v) is 7.67. The van der Waals surface area contributed by atoms with Gasteiger partial charge in [0.25, 0.3) is 0 Å². The van der Waals surface area contributed by atoms with Crippen LogP contribution in [-0.2, 0) is 10.8 Å². The van der Waals surface area contributed by atoms with Crippen LogP contribution < -0.4 is 10.4 Å². The lowest BCUT2D eigenvalue weighted by Crippen LogP contribution is -2.15. The highest BCUT2D eigenvalue weighted by Crippen LogP contribution is 2.32. The van der Waals surface area contributed by atoms with Crippen LogP contribution in [0, 0.1) is 10.4 Å². The molecule has 0 amide bonds. The fourth-order valence-electron chi connectivity index (χ4n) is 7.67. The number of carbonyl (C=O) groups excluding carboxylic acids is 4. The molecule has 0 bridgehead atoms. The van der Waals surface area contributed by atoms with E-state index in [0.29, 0.717) is 32.7 Å². The van der Waals surface area contributed by atoms with E-state index in [0.717, 1.165) is 32.7 Å². The molecule has 0 aromatic heterocycles. The molecule has 0 fully saturated rings. The third kappa shape index (κ3) is 5.79. The van der Waals surface area contributed by atoms with Gasteiger partial charge in [-0.1, -0.05) is 163 Å². The van der Waals surface area contributed by atoms with E-state index in [1.54, 1.807) is 48.5 Å². The normalized spacial score (nSPS) is 14.9. The van der Waals surface area contributed by atoms with Crippen LogP contribution in [0.4, 0.5) is 0 Å². The van der Waals surface area contributed by atoms with Crippen molar-refractivity contribution in [3.05, 3.63) is 188 Å². The van der Waals surface area contributed by atoms with Gasteiger partial charge in [0.1, 0.15) is 0 Å². The summed E-state index contributed by atoms with van der Waals surface area (Å²) in [5, 5.41) is 2.89. The van der Waals surface area contributed by atoms with E-state index in [-0.39, 0.29) is 45.1 Å². The predicted molar refractivity (Wildman–Crippen MR) is 215 cm³/mol. The highest BCUT2D eigenvalue weighted by Gasteiger charge is 2.34. The van der Waals surface area contributed by atoms with Gasteiger partial charge in [-0.15, -0.1) is 0 Å². The summed E-state index contributed by atoms with van der Waals surface area (Å²) in [6.45, 7) is 13.1. The van der Waals surface area contributed by atoms with E-state index >= 15 is 0 Å². The summed E-state index contributed by atoms with van der Waals surface area (Å²) in [6.07, 6.45) is 0. The van der Waals surface area contributed by atoms with Crippen molar-refractivity contribution < 1.29 is 19.2 Å². The lowest BCUT2D eigenvalue weighted by molar-refractivity contribution is 0.101. The molecule has 0 heterocycles. The van der Waals surface area contributed by atoms with Crippen LogP contribution in [0.5, 0.6) is 0 Å². The van der Waals surface area contributed by atoms with Crippen LogP contribution in [0.3, 0.4) is 0 Å². The van der Waals surface area contributed by atoms with Crippen molar-refractivity contribution in [1.29, 1.82) is 0 Å². The van der Waals surface area contributed by atoms with Gasteiger partial charge in [-0.2, -0.15) is 0 Å². The summed E-state index contributed by atoms with van der Waals surface area (Å²) in [7, 11) is 0. The minimum atomic E-state index is -0.273. The molecule has 0 saturated carbocycles. The maximum atomic E-state index is 13.7. The number of ketones is 4. The van der Waals surface area contributed by atoms with Gasteiger partial charge in [0.15, 0.2) is 23.1 Å². The molecule has 4 nitrogen and oxygen atoms in total. The zero-order valence-electron chi connectivity index (χ0n) is 31.3. The molecule has 54 heavy (non-hydrogen) atoms. The quantitative estimate of drug-likeness (QED) is 0.180. The lowest BCUT2D eigenvalue weighted by atomic mass is 9.85. The first-order valence-corrected chi connectivity index (χ1v) is 18.3. The largest absolute Gasteiger partial charge is 0.288 e. The lowest BCUT2D eigenvalue weighted by Gasteiger charge is -2.19. The third-order valence-corrected chi connectivity index (χ3v) is 10.8. The van der Waals surface area contributed by atoms with E-state index in [2.05, 4.69) is 90.1 Å². The van der Waals surface area contributed by atoms with Crippen molar-refractivity contribution in [2.24, 2.45) is 0 Å². The van der Waals surface area contributed by atoms with Gasteiger partial charge < -0.3 is 0 Å². The first kappa shape index (κ1) is 34.8. The zero-order valence-corrected chi connectivity index (χ0v) is 31.3. The van der Waals surface area contributed by atoms with Gasteiger partial charge in [0.2, 0.25) is 0 Å². The first-order chi connectivity index (χ1) is 25.7. The molecular weight excluding hydrogens is 665 g/mol. The summed E-state index contributed by atoms with van der Waals surface area (Å²) in [4.78, 5) is 54.7. The van der Waals surface area contributed by atoms with Crippen LogP contribution >= 0.6 is 0 Å². The van der Waals surface area contributed by atoms with Crippen molar-refractivity contribution in [3.63, 3.8) is 0 Å². The van der Waals surface area contributed by atoms with Gasteiger partial charge in [0, 0.05) is 22.3 Å². The highest BCUT2D eigenvalue weighted by molar-refractivity contribution is 6.56. The molecule has 2 aliphatic rings. The van der Waals surface area contributed by atoms with Crippen LogP contribution in [0.2, 0.25) is 0 Å². The number of hydrogen-bond donors (Lipinski definition) is 0. The van der Waals surface area contributed by atoms with E-state index in [9.17, 15) is 19.2 Å². The Morgan fingerprint density at radius 1 is 0.333 bits per heavy atom. The van der Waals surface area contributed by atoms with Crippen LogP contribution in [0.1, 0.15) is 94.1 Å². The molecular formula is C50H40O4. The number of fused-ring (bicyclic) bond motifs is 2. The van der Waals surface area contributed by atoms with Crippen molar-refractivity contribution in [2.45, 2.75) is 52.4 Å². The Balaban J connectivity index is 1.47. The molecule has 0 radical (unpaired) electrons. The Morgan fingerprint density at radius 2 is 0.630 bits per heavy atom. The molecule has 0 aliphatic heterocycles. The monoisotopic (exact) mass is 704 g/mol. The molecule has 0 atom stereocenters. The zero-order chi connectivity index (χ0) is 38.1. The highest BCUT2D eigenvalue weighted by atomic mass is 16.2. The maximum Gasteiger partial charge on any atom is 0.198 e. The van der Waals surface area contributed by atoms with Crippen molar-refractivity contribution in [1.82, 2.24) is 0 Å². The molecule has 6 aromatic carbocycles. The Hall–Kier alpha value is -6.26. The third-order valence-electron chi connectivity index (χ3n) is 10.8. The second-order valence-electron chi connectivity index (χ2n) is 16.3. The predicted octanol–water partition coefficient (Wildman–Crippen LogP) is 9.36. The molecule has 6 aromatic rings. The van der Waals surface area contributed by atoms with Gasteiger partial charge in [0.05, 0.1) is 11.1 Å². The van der Waals surface area contributed by atoms with Crippen LogP contribution in [0.25, 0.3) is 33.4 Å². The topological polar surface area (TPSA) is 68.3 Å². The summed E-state index contributed by atoms with van der Waals surface area (Å²) in [5.74, 6) is -1.09. The van der Waals surface area contributed by atoms with Gasteiger partial charge in [-0.05, 0) is 77.2 Å². The van der Waals surface area contributed by atoms with E-state index in [1.165, 1.54) is 11.1 Å². The maximum absolute atomic E-state index is 13.7. The Labute approximate surface area is 314 Å². The number of Topliss-reactive ketones (excluding diaryl/α,β-unsaturated/α-hetero) is 4. The number of benzene rings is 6. The standard InChI is InChI=1S/C50H40O4/c1-49(2,3)33-21-15-29(16-22-33)41-27-31(43-45(51)37-11-7-8-12-38(37)46(43)52)19-25-35(41)36-26-20-32(44-47(53)39-13-9-10-14-40(39)48(44)54)28-42(36)30-17-23-34(24-18-30)50(4,5)6/h7-28H,1-6H3/b36-35+. The summed E-state index contributed by atoms with van der Waals surface area (Å²) < 4.78 is 0. The SMILES string of the molecule is CC(C)(C)c1ccc(-c2cc(=C3C(=O)c4ccccc4C3=O)cc/c2=c2/ccc(=C3C(=O)c4ccccc4C3=O)cc2-c2ccc(C(C)(C)C)cc2)cc1. The molecule has 4 heteroatoms. The molecule has 0 N–H and O–H groups in total. The molecule has 2 aliphatic carbocycles. The number of hydrogen-bond acceptors (Lipinski definition) is 4. The van der Waals surface area contributed by atoms with Gasteiger partial charge >= 0.3 is 0 Å². The van der Waals surface area contributed by atoms with E-state index in [4.69, 9.17) is 0 Å². The van der Waals surface area contributed by atoms with Gasteiger partial charge in [-0.25, -0.2) is 0 Å². The average Bonchev–Trinajstić information content (AvgIpc) is 3.57. The molecule has 0 spiro atoms. The summed E-state index contributed by atoms with van der Waals surface area (Å²) in [5.41, 5.74) is 7.84. The summed E-state index contributed by atoms with van der Waals surface area (Å²) in [6, 6.07) is 42.4. The Kier molecular flexibility index (Phi) is 8.19. The van der Waals surface area contributed by atoms with Crippen molar-refractivity contribution >= 4 is 34.3 Å². The second kappa shape index (κ2) is 12.7. The minimum Gasteiger partial charge on any atom is -0.288 e. The molecule has 8 rings (SSSR count). The fraction of sp³-hybridized carbons (Fsp3) is 0.160. The van der Waals surface area contributed by atoms with Crippen LogP contribution in [-0.4, -0.2) is 23.1 Å². The summed E-state index contributed by atoms with van der Waals surface area (Å²) >= 11 is 0. The smallest absolute Gasteiger partial charge is 0.198 e. The Morgan fingerprint density at radius 3 is 0.907 bits per heavy atom. The van der Waals surface area contributed by atoms with E-state index < -0.39 is 0 Å². The molecule has 0 unspecified atom stereocenters. The minimum absolute atomic E-state index is 0.0534. The Bertz CT molecular complexity index is 2550. The number of carbonyl (C=O) groups is 4. The average molecular weight is 705 g/mol. The molecule has 264 valence electrons. The first-order valence-electron chi connectivity index (χ1n) is 18.3. The van der Waals surface area contributed by atoms with Crippen molar-refractivity contribution in [3.8, 4) is 22.3 Å². The molecule has 0 saturated heterocycles. The van der Waals surface area contributed by atoms with Crippen molar-refractivity contribution in [2.75, 3.05) is 0 Å². The van der Waals surface area contributed by atoms with Crippen LogP contribution in [0.15, 0.2) is 133 Å². The second-order valence-corrected chi connectivity index (χ2v) is 16.3. The van der Waals surface area contributed by atoms with E-state index in [1.807, 2.05) is 36.4 Å². The number of rotatable bonds is 2. The van der Waals surface area contributed by atoms with Gasteiger partial charge in [-0.3, -0.25) is 19.2 Å².